The van der Waals surface area contributed by atoms with Gasteiger partial charge in [0.05, 0.1) is 12.3 Å². The summed E-state index contributed by atoms with van der Waals surface area (Å²) in [7, 11) is 0. The summed E-state index contributed by atoms with van der Waals surface area (Å²) in [5.41, 5.74) is 2.93. The molecule has 0 N–H and O–H groups in total. The van der Waals surface area contributed by atoms with Gasteiger partial charge in [-0.3, -0.25) is 9.97 Å². The predicted molar refractivity (Wildman–Crippen MR) is 93.6 cm³/mol. The van der Waals surface area contributed by atoms with Crippen molar-refractivity contribution in [3.8, 4) is 17.0 Å². The third kappa shape index (κ3) is 2.30. The Hall–Kier alpha value is -2.94. The molecule has 0 bridgehead atoms. The van der Waals surface area contributed by atoms with Crippen molar-refractivity contribution < 1.29 is 4.74 Å². The van der Waals surface area contributed by atoms with Gasteiger partial charge in [0.25, 0.3) is 0 Å². The highest BCUT2D eigenvalue weighted by Crippen LogP contribution is 2.35. The minimum absolute atomic E-state index is 0.623. The van der Waals surface area contributed by atoms with E-state index in [0.29, 0.717) is 6.61 Å². The summed E-state index contributed by atoms with van der Waals surface area (Å²) in [6, 6.07) is 18.4. The lowest BCUT2D eigenvalue weighted by Crippen LogP contribution is -1.95. The molecular formula is C20H16N2O. The second-order valence-corrected chi connectivity index (χ2v) is 5.32. The lowest BCUT2D eigenvalue weighted by molar-refractivity contribution is 0.343. The molecule has 0 saturated carbocycles. The molecule has 112 valence electrons. The summed E-state index contributed by atoms with van der Waals surface area (Å²) < 4.78 is 5.71. The number of benzene rings is 2. The molecule has 4 aromatic rings. The predicted octanol–water partition coefficient (Wildman–Crippen LogP) is 4.85. The zero-order valence-corrected chi connectivity index (χ0v) is 12.9. The number of hydrogen-bond donors (Lipinski definition) is 0. The van der Waals surface area contributed by atoms with Gasteiger partial charge in [0.2, 0.25) is 0 Å². The largest absolute Gasteiger partial charge is 0.492 e. The summed E-state index contributed by atoms with van der Waals surface area (Å²) in [5.74, 6) is 0.812. The fraction of sp³-hybridized carbons (Fsp3) is 0.100. The third-order valence-corrected chi connectivity index (χ3v) is 3.96. The molecule has 0 atom stereocenters. The lowest BCUT2D eigenvalue weighted by atomic mass is 10.00. The SMILES string of the molecule is CCOc1ccc(-c2nccc3ccccc23)c2cccnc12. The van der Waals surface area contributed by atoms with E-state index in [1.54, 1.807) is 6.20 Å². The van der Waals surface area contributed by atoms with Gasteiger partial charge in [0.15, 0.2) is 0 Å². The van der Waals surface area contributed by atoms with E-state index < -0.39 is 0 Å². The van der Waals surface area contributed by atoms with Crippen molar-refractivity contribution in [2.75, 3.05) is 6.61 Å². The van der Waals surface area contributed by atoms with E-state index in [0.717, 1.165) is 33.3 Å². The molecule has 2 aromatic carbocycles. The first kappa shape index (κ1) is 13.7. The Morgan fingerprint density at radius 1 is 0.826 bits per heavy atom. The van der Waals surface area contributed by atoms with Gasteiger partial charge in [-0.25, -0.2) is 0 Å². The molecule has 3 heteroatoms. The molecule has 0 aliphatic carbocycles. The highest BCUT2D eigenvalue weighted by atomic mass is 16.5. The standard InChI is InChI=1S/C20H16N2O/c1-2-23-18-10-9-17(16-8-5-12-21-20(16)18)19-15-7-4-3-6-14(15)11-13-22-19/h3-13H,2H2,1H3. The molecule has 2 aromatic heterocycles. The van der Waals surface area contributed by atoms with Gasteiger partial charge >= 0.3 is 0 Å². The smallest absolute Gasteiger partial charge is 0.145 e. The van der Waals surface area contributed by atoms with Crippen LogP contribution in [0.1, 0.15) is 6.92 Å². The van der Waals surface area contributed by atoms with Crippen LogP contribution in [0.2, 0.25) is 0 Å². The second-order valence-electron chi connectivity index (χ2n) is 5.32. The van der Waals surface area contributed by atoms with Gasteiger partial charge in [0, 0.05) is 28.7 Å². The first-order valence-electron chi connectivity index (χ1n) is 7.73. The molecule has 23 heavy (non-hydrogen) atoms. The molecule has 0 fully saturated rings. The minimum Gasteiger partial charge on any atom is -0.492 e. The Morgan fingerprint density at radius 2 is 1.70 bits per heavy atom. The molecule has 2 heterocycles. The number of fused-ring (bicyclic) bond motifs is 2. The van der Waals surface area contributed by atoms with E-state index in [-0.39, 0.29) is 0 Å². The first-order valence-corrected chi connectivity index (χ1v) is 7.73. The van der Waals surface area contributed by atoms with Crippen LogP contribution in [-0.2, 0) is 0 Å². The van der Waals surface area contributed by atoms with Gasteiger partial charge in [-0.1, -0.05) is 30.3 Å². The summed E-state index contributed by atoms with van der Waals surface area (Å²) >= 11 is 0. The fourth-order valence-corrected chi connectivity index (χ4v) is 2.96. The maximum Gasteiger partial charge on any atom is 0.145 e. The van der Waals surface area contributed by atoms with Crippen molar-refractivity contribution in [2.24, 2.45) is 0 Å². The Morgan fingerprint density at radius 3 is 2.61 bits per heavy atom. The lowest BCUT2D eigenvalue weighted by Gasteiger charge is -2.12. The molecule has 0 amide bonds. The molecule has 3 nitrogen and oxygen atoms in total. The van der Waals surface area contributed by atoms with Gasteiger partial charge < -0.3 is 4.74 Å². The van der Waals surface area contributed by atoms with E-state index in [1.807, 2.05) is 43.5 Å². The van der Waals surface area contributed by atoms with Crippen LogP contribution in [0.5, 0.6) is 5.75 Å². The fourth-order valence-electron chi connectivity index (χ4n) is 2.96. The average Bonchev–Trinajstić information content (AvgIpc) is 2.62. The number of pyridine rings is 2. The van der Waals surface area contributed by atoms with Crippen LogP contribution in [0.3, 0.4) is 0 Å². The number of aromatic nitrogens is 2. The molecule has 0 spiro atoms. The molecule has 0 aliphatic rings. The third-order valence-electron chi connectivity index (χ3n) is 3.96. The van der Waals surface area contributed by atoms with Crippen molar-refractivity contribution in [3.63, 3.8) is 0 Å². The highest BCUT2D eigenvalue weighted by Gasteiger charge is 2.12. The summed E-state index contributed by atoms with van der Waals surface area (Å²) in [5, 5.41) is 3.38. The number of rotatable bonds is 3. The number of ether oxygens (including phenoxy) is 1. The molecule has 0 aliphatic heterocycles. The van der Waals surface area contributed by atoms with E-state index in [4.69, 9.17) is 4.74 Å². The molecule has 0 saturated heterocycles. The number of hydrogen-bond acceptors (Lipinski definition) is 3. The van der Waals surface area contributed by atoms with Crippen LogP contribution in [0.4, 0.5) is 0 Å². The maximum atomic E-state index is 5.71. The Kier molecular flexibility index (Phi) is 3.39. The van der Waals surface area contributed by atoms with Crippen molar-refractivity contribution in [1.82, 2.24) is 9.97 Å². The molecule has 0 radical (unpaired) electrons. The Balaban J connectivity index is 2.04. The molecule has 0 unspecified atom stereocenters. The summed E-state index contributed by atoms with van der Waals surface area (Å²) in [6.07, 6.45) is 3.65. The second kappa shape index (κ2) is 5.69. The van der Waals surface area contributed by atoms with E-state index in [1.165, 1.54) is 5.39 Å². The number of nitrogens with zero attached hydrogens (tertiary/aromatic N) is 2. The van der Waals surface area contributed by atoms with Crippen molar-refractivity contribution in [3.05, 3.63) is 67.0 Å². The van der Waals surface area contributed by atoms with Crippen LogP contribution in [-0.4, -0.2) is 16.6 Å². The maximum absolute atomic E-state index is 5.71. The summed E-state index contributed by atoms with van der Waals surface area (Å²) in [4.78, 5) is 9.15. The van der Waals surface area contributed by atoms with Crippen LogP contribution < -0.4 is 4.74 Å². The molecular weight excluding hydrogens is 284 g/mol. The van der Waals surface area contributed by atoms with Crippen molar-refractivity contribution >= 4 is 21.7 Å². The minimum atomic E-state index is 0.623. The summed E-state index contributed by atoms with van der Waals surface area (Å²) in [6.45, 7) is 2.60. The topological polar surface area (TPSA) is 35.0 Å². The first-order chi connectivity index (χ1) is 11.4. The van der Waals surface area contributed by atoms with Crippen molar-refractivity contribution in [2.45, 2.75) is 6.92 Å². The monoisotopic (exact) mass is 300 g/mol. The Bertz CT molecular complexity index is 990. The van der Waals surface area contributed by atoms with Gasteiger partial charge in [-0.15, -0.1) is 0 Å². The van der Waals surface area contributed by atoms with E-state index in [2.05, 4.69) is 34.2 Å². The molecule has 4 rings (SSSR count). The van der Waals surface area contributed by atoms with Crippen molar-refractivity contribution in [1.29, 1.82) is 0 Å². The van der Waals surface area contributed by atoms with Crippen LogP contribution in [0, 0.1) is 0 Å². The average molecular weight is 300 g/mol. The zero-order chi connectivity index (χ0) is 15.6. The highest BCUT2D eigenvalue weighted by molar-refractivity contribution is 6.04. The normalized spacial score (nSPS) is 11.0. The van der Waals surface area contributed by atoms with E-state index >= 15 is 0 Å². The van der Waals surface area contributed by atoms with Gasteiger partial charge in [0.1, 0.15) is 11.3 Å². The van der Waals surface area contributed by atoms with Crippen LogP contribution in [0.15, 0.2) is 67.0 Å². The van der Waals surface area contributed by atoms with Crippen LogP contribution >= 0.6 is 0 Å². The Labute approximate surface area is 134 Å². The zero-order valence-electron chi connectivity index (χ0n) is 12.9. The van der Waals surface area contributed by atoms with Gasteiger partial charge in [-0.2, -0.15) is 0 Å². The quantitative estimate of drug-likeness (QED) is 0.542. The van der Waals surface area contributed by atoms with Crippen LogP contribution in [0.25, 0.3) is 32.9 Å². The van der Waals surface area contributed by atoms with E-state index in [9.17, 15) is 0 Å². The van der Waals surface area contributed by atoms with Gasteiger partial charge in [-0.05, 0) is 36.6 Å².